The average molecular weight is 335 g/mol. The normalized spacial score (nSPS) is 21.4. The SMILES string of the molecule is COC(=O)c1sc2nc(C)nc(N[C@H]3CCCC[C@@H]3O)c2c1C. The average Bonchev–Trinajstić information content (AvgIpc) is 2.85. The van der Waals surface area contributed by atoms with E-state index in [1.54, 1.807) is 0 Å². The molecule has 0 aromatic carbocycles. The summed E-state index contributed by atoms with van der Waals surface area (Å²) in [4.78, 5) is 22.2. The Morgan fingerprint density at radius 1 is 1.30 bits per heavy atom. The molecule has 0 radical (unpaired) electrons. The summed E-state index contributed by atoms with van der Waals surface area (Å²) >= 11 is 1.32. The zero-order valence-corrected chi connectivity index (χ0v) is 14.4. The van der Waals surface area contributed by atoms with E-state index < -0.39 is 0 Å². The van der Waals surface area contributed by atoms with Gasteiger partial charge in [-0.25, -0.2) is 14.8 Å². The van der Waals surface area contributed by atoms with Crippen molar-refractivity contribution in [3.63, 3.8) is 0 Å². The third-order valence-corrected chi connectivity index (χ3v) is 5.49. The highest BCUT2D eigenvalue weighted by Gasteiger charge is 2.26. The molecule has 1 aliphatic rings. The van der Waals surface area contributed by atoms with Gasteiger partial charge in [0.25, 0.3) is 0 Å². The maximum atomic E-state index is 11.9. The second-order valence-corrected chi connectivity index (χ2v) is 6.95. The Morgan fingerprint density at radius 2 is 2.04 bits per heavy atom. The van der Waals surface area contributed by atoms with Gasteiger partial charge in [0.1, 0.15) is 21.3 Å². The fourth-order valence-corrected chi connectivity index (χ4v) is 4.24. The Hall–Kier alpha value is -1.73. The molecule has 0 saturated heterocycles. The van der Waals surface area contributed by atoms with E-state index in [-0.39, 0.29) is 18.1 Å². The fourth-order valence-electron chi connectivity index (χ4n) is 3.09. The lowest BCUT2D eigenvalue weighted by Gasteiger charge is -2.29. The van der Waals surface area contributed by atoms with Crippen LogP contribution in [-0.4, -0.2) is 40.3 Å². The van der Waals surface area contributed by atoms with Gasteiger partial charge in [-0.2, -0.15) is 0 Å². The second kappa shape index (κ2) is 6.41. The van der Waals surface area contributed by atoms with Gasteiger partial charge in [0.05, 0.1) is 24.6 Å². The Morgan fingerprint density at radius 3 is 2.74 bits per heavy atom. The summed E-state index contributed by atoms with van der Waals surface area (Å²) in [5, 5.41) is 14.4. The topological polar surface area (TPSA) is 84.3 Å². The van der Waals surface area contributed by atoms with Crippen LogP contribution in [0.3, 0.4) is 0 Å². The number of esters is 1. The molecule has 2 heterocycles. The molecule has 1 fully saturated rings. The van der Waals surface area contributed by atoms with E-state index in [1.807, 2.05) is 13.8 Å². The molecule has 6 nitrogen and oxygen atoms in total. The molecule has 1 saturated carbocycles. The van der Waals surface area contributed by atoms with Crippen molar-refractivity contribution >= 4 is 33.3 Å². The van der Waals surface area contributed by atoms with Crippen LogP contribution in [0.1, 0.15) is 46.7 Å². The summed E-state index contributed by atoms with van der Waals surface area (Å²) in [5.41, 5.74) is 0.824. The van der Waals surface area contributed by atoms with Gasteiger partial charge in [0.15, 0.2) is 0 Å². The summed E-state index contributed by atoms with van der Waals surface area (Å²) in [6, 6.07) is -0.0119. The lowest BCUT2D eigenvalue weighted by molar-refractivity contribution is 0.0605. The molecule has 0 aliphatic heterocycles. The number of nitrogens with one attached hydrogen (secondary N) is 1. The first-order chi connectivity index (χ1) is 11.0. The molecule has 2 aromatic heterocycles. The molecule has 2 N–H and O–H groups in total. The van der Waals surface area contributed by atoms with Gasteiger partial charge in [-0.1, -0.05) is 12.8 Å². The third-order valence-electron chi connectivity index (χ3n) is 4.32. The van der Waals surface area contributed by atoms with E-state index in [0.29, 0.717) is 16.5 Å². The highest BCUT2D eigenvalue weighted by molar-refractivity contribution is 7.20. The van der Waals surface area contributed by atoms with Gasteiger partial charge >= 0.3 is 5.97 Å². The zero-order chi connectivity index (χ0) is 16.6. The number of aliphatic hydroxyl groups is 1. The maximum Gasteiger partial charge on any atom is 0.348 e. The van der Waals surface area contributed by atoms with Crippen LogP contribution in [0.4, 0.5) is 5.82 Å². The van der Waals surface area contributed by atoms with Crippen LogP contribution in [0.2, 0.25) is 0 Å². The number of hydrogen-bond donors (Lipinski definition) is 2. The number of thiophene rings is 1. The summed E-state index contributed by atoms with van der Waals surface area (Å²) < 4.78 is 4.85. The second-order valence-electron chi connectivity index (χ2n) is 5.95. The van der Waals surface area contributed by atoms with Crippen molar-refractivity contribution in [2.24, 2.45) is 0 Å². The standard InChI is InChI=1S/C16H21N3O3S/c1-8-12-14(19-10-6-4-5-7-11(10)20)17-9(2)18-15(12)23-13(8)16(21)22-3/h10-11,20H,4-7H2,1-3H3,(H,17,18,19)/t10-,11-/m0/s1. The Kier molecular flexibility index (Phi) is 4.50. The molecule has 2 aromatic rings. The number of ether oxygens (including phenoxy) is 1. The summed E-state index contributed by atoms with van der Waals surface area (Å²) in [6.45, 7) is 3.71. The van der Waals surface area contributed by atoms with E-state index in [4.69, 9.17) is 4.74 Å². The molecule has 0 unspecified atom stereocenters. The van der Waals surface area contributed by atoms with E-state index in [0.717, 1.165) is 41.5 Å². The van der Waals surface area contributed by atoms with Gasteiger partial charge in [0, 0.05) is 0 Å². The van der Waals surface area contributed by atoms with Crippen LogP contribution >= 0.6 is 11.3 Å². The summed E-state index contributed by atoms with van der Waals surface area (Å²) in [7, 11) is 1.38. The highest BCUT2D eigenvalue weighted by atomic mass is 32.1. The largest absolute Gasteiger partial charge is 0.465 e. The zero-order valence-electron chi connectivity index (χ0n) is 13.5. The molecule has 1 aliphatic carbocycles. The number of carbonyl (C=O) groups excluding carboxylic acids is 1. The van der Waals surface area contributed by atoms with Crippen molar-refractivity contribution < 1.29 is 14.6 Å². The molecule has 0 amide bonds. The van der Waals surface area contributed by atoms with Crippen molar-refractivity contribution in [2.45, 2.75) is 51.7 Å². The number of carbonyl (C=O) groups is 1. The fraction of sp³-hybridized carbons (Fsp3) is 0.562. The van der Waals surface area contributed by atoms with E-state index in [9.17, 15) is 9.90 Å². The van der Waals surface area contributed by atoms with Gasteiger partial charge in [0.2, 0.25) is 0 Å². The molecule has 7 heteroatoms. The molecular formula is C16H21N3O3S. The van der Waals surface area contributed by atoms with Crippen LogP contribution in [0.25, 0.3) is 10.2 Å². The van der Waals surface area contributed by atoms with Crippen LogP contribution in [0, 0.1) is 13.8 Å². The van der Waals surface area contributed by atoms with Crippen LogP contribution in [0.15, 0.2) is 0 Å². The van der Waals surface area contributed by atoms with Crippen LogP contribution in [-0.2, 0) is 4.74 Å². The molecule has 2 atom stereocenters. The lowest BCUT2D eigenvalue weighted by Crippen LogP contribution is -2.36. The van der Waals surface area contributed by atoms with Gasteiger partial charge in [-0.15, -0.1) is 11.3 Å². The minimum atomic E-state index is -0.368. The number of fused-ring (bicyclic) bond motifs is 1. The van der Waals surface area contributed by atoms with Crippen molar-refractivity contribution in [3.05, 3.63) is 16.3 Å². The first-order valence-electron chi connectivity index (χ1n) is 7.82. The Balaban J connectivity index is 2.05. The molecule has 0 spiro atoms. The van der Waals surface area contributed by atoms with Gasteiger partial charge < -0.3 is 15.2 Å². The van der Waals surface area contributed by atoms with Crippen molar-refractivity contribution in [3.8, 4) is 0 Å². The number of hydrogen-bond acceptors (Lipinski definition) is 7. The minimum absolute atomic E-state index is 0.0119. The smallest absolute Gasteiger partial charge is 0.348 e. The highest BCUT2D eigenvalue weighted by Crippen LogP contribution is 2.35. The Bertz CT molecular complexity index is 744. The predicted molar refractivity (Wildman–Crippen MR) is 90.1 cm³/mol. The molecule has 23 heavy (non-hydrogen) atoms. The number of aromatic nitrogens is 2. The molecule has 0 bridgehead atoms. The van der Waals surface area contributed by atoms with E-state index in [2.05, 4.69) is 15.3 Å². The maximum absolute atomic E-state index is 11.9. The molecular weight excluding hydrogens is 314 g/mol. The first-order valence-corrected chi connectivity index (χ1v) is 8.63. The van der Waals surface area contributed by atoms with Crippen LogP contribution in [0.5, 0.6) is 0 Å². The quantitative estimate of drug-likeness (QED) is 0.839. The Labute approximate surface area is 138 Å². The van der Waals surface area contributed by atoms with Gasteiger partial charge in [-0.05, 0) is 32.3 Å². The summed E-state index contributed by atoms with van der Waals surface area (Å²) in [5.74, 6) is 0.983. The number of aliphatic hydroxyl groups excluding tert-OH is 1. The van der Waals surface area contributed by atoms with Crippen molar-refractivity contribution in [1.29, 1.82) is 0 Å². The van der Waals surface area contributed by atoms with Crippen molar-refractivity contribution in [1.82, 2.24) is 9.97 Å². The number of aryl methyl sites for hydroxylation is 2. The van der Waals surface area contributed by atoms with Crippen LogP contribution < -0.4 is 5.32 Å². The number of methoxy groups -OCH3 is 1. The third kappa shape index (κ3) is 3.03. The number of nitrogens with zero attached hydrogens (tertiary/aromatic N) is 2. The van der Waals surface area contributed by atoms with E-state index >= 15 is 0 Å². The predicted octanol–water partition coefficient (Wildman–Crippen LogP) is 2.81. The van der Waals surface area contributed by atoms with Gasteiger partial charge in [-0.3, -0.25) is 0 Å². The number of rotatable bonds is 3. The summed E-state index contributed by atoms with van der Waals surface area (Å²) in [6.07, 6.45) is 3.51. The molecule has 124 valence electrons. The monoisotopic (exact) mass is 335 g/mol. The van der Waals surface area contributed by atoms with Crippen molar-refractivity contribution in [2.75, 3.05) is 12.4 Å². The first kappa shape index (κ1) is 16.1. The number of anilines is 1. The van der Waals surface area contributed by atoms with E-state index in [1.165, 1.54) is 18.4 Å². The lowest BCUT2D eigenvalue weighted by atomic mass is 9.92. The minimum Gasteiger partial charge on any atom is -0.465 e. The molecule has 3 rings (SSSR count).